The van der Waals surface area contributed by atoms with Gasteiger partial charge in [-0.25, -0.2) is 21.2 Å². The van der Waals surface area contributed by atoms with Crippen molar-refractivity contribution in [2.24, 2.45) is 5.73 Å². The van der Waals surface area contributed by atoms with E-state index < -0.39 is 25.9 Å². The first-order chi connectivity index (χ1) is 11.2. The van der Waals surface area contributed by atoms with E-state index >= 15 is 0 Å². The number of nitrogens with one attached hydrogen (secondary N) is 1. The molecule has 0 aliphatic carbocycles. The number of sulfonamides is 2. The molecule has 2 rings (SSSR count). The third-order valence-corrected chi connectivity index (χ3v) is 7.07. The lowest BCUT2D eigenvalue weighted by Crippen LogP contribution is -2.45. The Morgan fingerprint density at radius 3 is 2.56 bits per heavy atom. The van der Waals surface area contributed by atoms with E-state index in [0.29, 0.717) is 19.4 Å². The maximum Gasteiger partial charge on any atom is 0.243 e. The third kappa shape index (κ3) is 5.52. The molecular formula is C14H23ClFN3O4S2. The molecule has 1 atom stereocenters. The molecule has 1 aromatic rings. The number of hydrogen-bond acceptors (Lipinski definition) is 5. The lowest BCUT2D eigenvalue weighted by molar-refractivity contribution is 0.316. The Bertz CT molecular complexity index is 802. The molecule has 1 saturated heterocycles. The van der Waals surface area contributed by atoms with E-state index in [4.69, 9.17) is 5.73 Å². The average Bonchev–Trinajstić information content (AvgIpc) is 2.49. The van der Waals surface area contributed by atoms with Crippen LogP contribution in [0.3, 0.4) is 0 Å². The van der Waals surface area contributed by atoms with Crippen molar-refractivity contribution in [3.8, 4) is 0 Å². The highest BCUT2D eigenvalue weighted by Crippen LogP contribution is 2.24. The molecule has 0 radical (unpaired) electrons. The van der Waals surface area contributed by atoms with Gasteiger partial charge in [0.15, 0.2) is 0 Å². The topological polar surface area (TPSA) is 110 Å². The molecular weight excluding hydrogens is 393 g/mol. The van der Waals surface area contributed by atoms with Gasteiger partial charge in [0.2, 0.25) is 20.0 Å². The Kier molecular flexibility index (Phi) is 7.63. The number of nitrogens with two attached hydrogens (primary N) is 1. The summed E-state index contributed by atoms with van der Waals surface area (Å²) in [7, 11) is -7.50. The zero-order valence-corrected chi connectivity index (χ0v) is 16.3. The minimum absolute atomic E-state index is 0. The fourth-order valence-corrected chi connectivity index (χ4v) is 5.26. The Hall–Kier alpha value is -0.940. The molecule has 25 heavy (non-hydrogen) atoms. The van der Waals surface area contributed by atoms with Gasteiger partial charge in [-0.3, -0.25) is 4.72 Å². The van der Waals surface area contributed by atoms with Crippen LogP contribution in [0.15, 0.2) is 23.1 Å². The minimum atomic E-state index is -3.85. The predicted molar refractivity (Wildman–Crippen MR) is 97.3 cm³/mol. The smallest absolute Gasteiger partial charge is 0.243 e. The predicted octanol–water partition coefficient (Wildman–Crippen LogP) is 1.51. The maximum absolute atomic E-state index is 14.2. The summed E-state index contributed by atoms with van der Waals surface area (Å²) in [4.78, 5) is -0.215. The van der Waals surface area contributed by atoms with Crippen molar-refractivity contribution in [3.05, 3.63) is 24.0 Å². The summed E-state index contributed by atoms with van der Waals surface area (Å²) in [5.41, 5.74) is 5.53. The van der Waals surface area contributed by atoms with Gasteiger partial charge in [0.1, 0.15) is 5.82 Å². The van der Waals surface area contributed by atoms with Crippen LogP contribution in [0.25, 0.3) is 0 Å². The Morgan fingerprint density at radius 1 is 1.32 bits per heavy atom. The maximum atomic E-state index is 14.2. The first-order valence-electron chi connectivity index (χ1n) is 7.71. The summed E-state index contributed by atoms with van der Waals surface area (Å²) >= 11 is 0. The van der Waals surface area contributed by atoms with Crippen LogP contribution in [0.5, 0.6) is 0 Å². The number of hydrogen-bond donors (Lipinski definition) is 2. The Balaban J connectivity index is 0.00000312. The van der Waals surface area contributed by atoms with E-state index in [1.165, 1.54) is 10.4 Å². The zero-order valence-electron chi connectivity index (χ0n) is 13.8. The van der Waals surface area contributed by atoms with Crippen molar-refractivity contribution in [2.45, 2.75) is 37.1 Å². The Morgan fingerprint density at radius 2 is 2.00 bits per heavy atom. The summed E-state index contributed by atoms with van der Waals surface area (Å²) in [6, 6.07) is 2.92. The summed E-state index contributed by atoms with van der Waals surface area (Å²) in [5, 5.41) is 0. The fraction of sp³-hybridized carbons (Fsp3) is 0.571. The van der Waals surface area contributed by atoms with Crippen LogP contribution in [0.1, 0.15) is 26.2 Å². The second kappa shape index (κ2) is 8.63. The van der Waals surface area contributed by atoms with Crippen LogP contribution in [-0.2, 0) is 20.0 Å². The van der Waals surface area contributed by atoms with Gasteiger partial charge in [-0.2, -0.15) is 4.31 Å². The van der Waals surface area contributed by atoms with Crippen molar-refractivity contribution >= 4 is 38.1 Å². The zero-order chi connectivity index (χ0) is 18.0. The van der Waals surface area contributed by atoms with Crippen molar-refractivity contribution in [3.63, 3.8) is 0 Å². The van der Waals surface area contributed by atoms with Crippen molar-refractivity contribution in [1.82, 2.24) is 4.31 Å². The molecule has 0 amide bonds. The molecule has 1 aliphatic heterocycles. The number of anilines is 1. The summed E-state index contributed by atoms with van der Waals surface area (Å²) < 4.78 is 66.0. The van der Waals surface area contributed by atoms with Crippen LogP contribution >= 0.6 is 12.4 Å². The highest BCUT2D eigenvalue weighted by Gasteiger charge is 2.29. The van der Waals surface area contributed by atoms with Crippen LogP contribution in [-0.4, -0.2) is 46.0 Å². The first kappa shape index (κ1) is 22.1. The minimum Gasteiger partial charge on any atom is -0.327 e. The number of piperidine rings is 1. The van der Waals surface area contributed by atoms with Gasteiger partial charge in [0.05, 0.1) is 16.3 Å². The van der Waals surface area contributed by atoms with E-state index in [1.807, 2.05) is 0 Å². The van der Waals surface area contributed by atoms with E-state index in [1.54, 1.807) is 6.92 Å². The molecule has 1 fully saturated rings. The second-order valence-corrected chi connectivity index (χ2v) is 9.61. The van der Waals surface area contributed by atoms with Gasteiger partial charge < -0.3 is 5.73 Å². The van der Waals surface area contributed by atoms with Crippen LogP contribution in [0, 0.1) is 5.82 Å². The van der Waals surface area contributed by atoms with E-state index in [0.717, 1.165) is 18.6 Å². The van der Waals surface area contributed by atoms with Crippen molar-refractivity contribution in [1.29, 1.82) is 0 Å². The highest BCUT2D eigenvalue weighted by atomic mass is 35.5. The highest BCUT2D eigenvalue weighted by molar-refractivity contribution is 7.92. The van der Waals surface area contributed by atoms with Crippen LogP contribution in [0.4, 0.5) is 10.1 Å². The van der Waals surface area contributed by atoms with Gasteiger partial charge in [-0.15, -0.1) is 12.4 Å². The van der Waals surface area contributed by atoms with Gasteiger partial charge in [-0.05, 0) is 37.5 Å². The molecule has 7 nitrogen and oxygen atoms in total. The fourth-order valence-electron chi connectivity index (χ4n) is 2.57. The molecule has 1 unspecified atom stereocenters. The van der Waals surface area contributed by atoms with Crippen molar-refractivity contribution in [2.75, 3.05) is 23.6 Å². The molecule has 0 bridgehead atoms. The number of nitrogens with zero attached hydrogens (tertiary/aromatic N) is 1. The van der Waals surface area contributed by atoms with Gasteiger partial charge in [0, 0.05) is 19.1 Å². The van der Waals surface area contributed by atoms with E-state index in [2.05, 4.69) is 4.72 Å². The molecule has 0 aromatic heterocycles. The summed E-state index contributed by atoms with van der Waals surface area (Å²) in [6.45, 7) is 2.21. The summed E-state index contributed by atoms with van der Waals surface area (Å²) in [6.07, 6.45) is 1.79. The third-order valence-electron chi connectivity index (χ3n) is 3.74. The normalized spacial score (nSPS) is 19.2. The van der Waals surface area contributed by atoms with Crippen molar-refractivity contribution < 1.29 is 21.2 Å². The molecule has 1 aliphatic rings. The second-order valence-electron chi connectivity index (χ2n) is 5.83. The number of halogens is 2. The lowest BCUT2D eigenvalue weighted by atomic mass is 10.1. The molecule has 144 valence electrons. The largest absolute Gasteiger partial charge is 0.327 e. The number of rotatable bonds is 6. The summed E-state index contributed by atoms with van der Waals surface area (Å²) in [5.74, 6) is -1.07. The van der Waals surface area contributed by atoms with Gasteiger partial charge in [0.25, 0.3) is 0 Å². The quantitative estimate of drug-likeness (QED) is 0.731. The van der Waals surface area contributed by atoms with Gasteiger partial charge >= 0.3 is 0 Å². The lowest BCUT2D eigenvalue weighted by Gasteiger charge is -2.29. The number of benzene rings is 1. The molecule has 0 spiro atoms. The van der Waals surface area contributed by atoms with E-state index in [-0.39, 0.29) is 41.3 Å². The molecule has 11 heteroatoms. The SMILES string of the molecule is CCCS(=O)(=O)Nc1ccc(S(=O)(=O)N2CCCC(N)C2)cc1F.Cl. The standard InChI is InChI=1S/C14H22FN3O4S2.ClH/c1-2-8-23(19,20)17-14-6-5-12(9-13(14)15)24(21,22)18-7-3-4-11(16)10-18;/h5-6,9,11,17H,2-4,7-8,10,16H2,1H3;1H. The first-order valence-corrected chi connectivity index (χ1v) is 10.8. The average molecular weight is 416 g/mol. The molecule has 1 heterocycles. The van der Waals surface area contributed by atoms with E-state index in [9.17, 15) is 21.2 Å². The van der Waals surface area contributed by atoms with Crippen LogP contribution in [0.2, 0.25) is 0 Å². The molecule has 3 N–H and O–H groups in total. The van der Waals surface area contributed by atoms with Gasteiger partial charge in [-0.1, -0.05) is 6.92 Å². The monoisotopic (exact) mass is 415 g/mol. The Labute approximate surface area is 154 Å². The molecule has 0 saturated carbocycles. The molecule has 1 aromatic carbocycles. The van der Waals surface area contributed by atoms with Crippen LogP contribution < -0.4 is 10.5 Å².